The van der Waals surface area contributed by atoms with Gasteiger partial charge in [-0.1, -0.05) is 60.7 Å². The molecule has 0 spiro atoms. The average molecular weight is 555 g/mol. The molecule has 1 aliphatic heterocycles. The van der Waals surface area contributed by atoms with E-state index in [9.17, 15) is 4.79 Å². The molecule has 2 aliphatic rings. The van der Waals surface area contributed by atoms with Gasteiger partial charge in [0.25, 0.3) is 0 Å². The highest BCUT2D eigenvalue weighted by Crippen LogP contribution is 2.46. The van der Waals surface area contributed by atoms with Crippen molar-refractivity contribution in [2.45, 2.75) is 51.2 Å². The number of alkyl carbamates (subject to hydrolysis) is 1. The van der Waals surface area contributed by atoms with E-state index in [1.54, 1.807) is 6.20 Å². The highest BCUT2D eigenvalue weighted by Gasteiger charge is 2.41. The molecule has 2 N–H and O–H groups in total. The van der Waals surface area contributed by atoms with Crippen LogP contribution in [0, 0.1) is 6.07 Å². The number of nitrogens with one attached hydrogen (secondary N) is 2. The van der Waals surface area contributed by atoms with Crippen LogP contribution >= 0.6 is 0 Å². The summed E-state index contributed by atoms with van der Waals surface area (Å²) in [5, 5.41) is 6.70. The monoisotopic (exact) mass is 554 g/mol. The Bertz CT molecular complexity index is 1780. The molecule has 0 bridgehead atoms. The van der Waals surface area contributed by atoms with Crippen molar-refractivity contribution in [1.82, 2.24) is 19.9 Å². The first-order chi connectivity index (χ1) is 20.3. The first-order valence-corrected chi connectivity index (χ1v) is 14.3. The van der Waals surface area contributed by atoms with E-state index in [-0.39, 0.29) is 6.09 Å². The van der Waals surface area contributed by atoms with Crippen molar-refractivity contribution in [2.75, 3.05) is 5.32 Å². The SMILES string of the molecule is CC(C)(C)OC(=O)NC1(c2ccc(-c3c(-c4cc[c]cc4)nc4n3-c3cccnc3Nc3ccccc3-4)cc2)CCC1. The molecule has 0 atom stereocenters. The predicted octanol–water partition coefficient (Wildman–Crippen LogP) is 8.03. The number of pyridine rings is 1. The van der Waals surface area contributed by atoms with Crippen molar-refractivity contribution >= 4 is 17.6 Å². The molecule has 1 saturated carbocycles. The second-order valence-corrected chi connectivity index (χ2v) is 11.9. The van der Waals surface area contributed by atoms with E-state index in [1.165, 1.54) is 0 Å². The highest BCUT2D eigenvalue weighted by molar-refractivity contribution is 5.90. The summed E-state index contributed by atoms with van der Waals surface area (Å²) in [5.74, 6) is 1.61. The fourth-order valence-corrected chi connectivity index (χ4v) is 5.90. The van der Waals surface area contributed by atoms with Gasteiger partial charge in [0, 0.05) is 22.9 Å². The van der Waals surface area contributed by atoms with E-state index >= 15 is 0 Å². The molecule has 209 valence electrons. The van der Waals surface area contributed by atoms with Crippen LogP contribution in [-0.4, -0.2) is 26.2 Å². The van der Waals surface area contributed by atoms with E-state index in [2.05, 4.69) is 63.7 Å². The van der Waals surface area contributed by atoms with E-state index < -0.39 is 11.1 Å². The van der Waals surface area contributed by atoms with E-state index in [0.29, 0.717) is 0 Å². The Morgan fingerprint density at radius 1 is 0.976 bits per heavy atom. The van der Waals surface area contributed by atoms with Crippen LogP contribution in [0.5, 0.6) is 0 Å². The third-order valence-corrected chi connectivity index (χ3v) is 7.98. The summed E-state index contributed by atoms with van der Waals surface area (Å²) < 4.78 is 7.81. The number of carbonyl (C=O) groups is 1. The highest BCUT2D eigenvalue weighted by atomic mass is 16.6. The molecule has 1 fully saturated rings. The van der Waals surface area contributed by atoms with Crippen molar-refractivity contribution in [3.63, 3.8) is 0 Å². The second-order valence-electron chi connectivity index (χ2n) is 11.9. The number of hydrogen-bond acceptors (Lipinski definition) is 5. The summed E-state index contributed by atoms with van der Waals surface area (Å²) in [6, 6.07) is 31.8. The number of anilines is 2. The molecule has 3 heterocycles. The zero-order valence-corrected chi connectivity index (χ0v) is 23.9. The van der Waals surface area contributed by atoms with Gasteiger partial charge in [-0.2, -0.15) is 0 Å². The average Bonchev–Trinajstić information content (AvgIpc) is 3.29. The van der Waals surface area contributed by atoms with Crippen LogP contribution < -0.4 is 10.6 Å². The van der Waals surface area contributed by atoms with Gasteiger partial charge in [-0.05, 0) is 75.9 Å². The topological polar surface area (TPSA) is 81.1 Å². The molecule has 1 radical (unpaired) electrons. The minimum atomic E-state index is -0.553. The first kappa shape index (κ1) is 26.0. The van der Waals surface area contributed by atoms with Crippen LogP contribution in [0.25, 0.3) is 39.6 Å². The Morgan fingerprint density at radius 3 is 2.45 bits per heavy atom. The van der Waals surface area contributed by atoms with Crippen molar-refractivity contribution in [3.8, 4) is 39.6 Å². The fraction of sp³-hybridized carbons (Fsp3) is 0.229. The number of imidazole rings is 1. The van der Waals surface area contributed by atoms with Gasteiger partial charge in [0.05, 0.1) is 28.3 Å². The summed E-state index contributed by atoms with van der Waals surface area (Å²) >= 11 is 0. The van der Waals surface area contributed by atoms with E-state index in [1.807, 2.05) is 63.2 Å². The summed E-state index contributed by atoms with van der Waals surface area (Å²) in [5.41, 5.74) is 6.84. The van der Waals surface area contributed by atoms with Crippen LogP contribution in [-0.2, 0) is 10.3 Å². The van der Waals surface area contributed by atoms with Crippen molar-refractivity contribution in [2.24, 2.45) is 0 Å². The lowest BCUT2D eigenvalue weighted by Crippen LogP contribution is -2.52. The number of para-hydroxylation sites is 1. The Morgan fingerprint density at radius 2 is 1.74 bits per heavy atom. The molecule has 5 aromatic rings. The molecule has 7 nitrogen and oxygen atoms in total. The summed E-state index contributed by atoms with van der Waals surface area (Å²) in [4.78, 5) is 22.7. The Balaban J connectivity index is 1.38. The number of nitrogens with zero attached hydrogens (tertiary/aromatic N) is 3. The normalized spacial score (nSPS) is 14.7. The lowest BCUT2D eigenvalue weighted by molar-refractivity contribution is 0.0377. The van der Waals surface area contributed by atoms with Crippen LogP contribution in [0.3, 0.4) is 0 Å². The third-order valence-electron chi connectivity index (χ3n) is 7.98. The molecule has 42 heavy (non-hydrogen) atoms. The van der Waals surface area contributed by atoms with Crippen molar-refractivity contribution in [3.05, 3.63) is 103 Å². The molecule has 0 saturated heterocycles. The molecule has 1 aliphatic carbocycles. The maximum absolute atomic E-state index is 12.7. The minimum Gasteiger partial charge on any atom is -0.444 e. The molecule has 0 unspecified atom stereocenters. The molecular formula is C35H32N5O2. The first-order valence-electron chi connectivity index (χ1n) is 14.3. The van der Waals surface area contributed by atoms with E-state index in [0.717, 1.165) is 75.9 Å². The summed E-state index contributed by atoms with van der Waals surface area (Å²) in [6.45, 7) is 5.65. The van der Waals surface area contributed by atoms with Gasteiger partial charge in [0.15, 0.2) is 5.82 Å². The predicted molar refractivity (Wildman–Crippen MR) is 165 cm³/mol. The summed E-state index contributed by atoms with van der Waals surface area (Å²) in [6.07, 6.45) is 4.22. The van der Waals surface area contributed by atoms with Crippen LogP contribution in [0.4, 0.5) is 16.3 Å². The minimum absolute atomic E-state index is 0.383. The van der Waals surface area contributed by atoms with Crippen LogP contribution in [0.1, 0.15) is 45.6 Å². The number of benzene rings is 3. The standard InChI is InChI=1S/C35H32N5O2/c1-34(2,3)42-33(41)39-35(20-10-21-35)25-18-16-24(17-19-25)30-29(23-11-5-4-6-12-23)38-32-26-13-7-8-14-27(26)37-31-28(40(30)32)15-9-22-36-31/h5-9,11-19,22H,10,20-21H2,1-3H3,(H,36,37)(H,39,41). The van der Waals surface area contributed by atoms with Crippen molar-refractivity contribution in [1.29, 1.82) is 0 Å². The number of ether oxygens (including phenoxy) is 1. The number of aromatic nitrogens is 3. The number of rotatable bonds is 4. The maximum Gasteiger partial charge on any atom is 0.408 e. The lowest BCUT2D eigenvalue weighted by Gasteiger charge is -2.43. The molecule has 7 rings (SSSR count). The van der Waals surface area contributed by atoms with Gasteiger partial charge in [-0.15, -0.1) is 0 Å². The van der Waals surface area contributed by atoms with Crippen molar-refractivity contribution < 1.29 is 9.53 Å². The Labute approximate surface area is 245 Å². The molecule has 1 amide bonds. The van der Waals surface area contributed by atoms with Gasteiger partial charge in [0.1, 0.15) is 11.4 Å². The third kappa shape index (κ3) is 4.51. The van der Waals surface area contributed by atoms with Gasteiger partial charge in [0.2, 0.25) is 0 Å². The van der Waals surface area contributed by atoms with Crippen LogP contribution in [0.15, 0.2) is 91.1 Å². The number of carbonyl (C=O) groups excluding carboxylic acids is 1. The van der Waals surface area contributed by atoms with Gasteiger partial charge < -0.3 is 15.4 Å². The molecule has 3 aromatic carbocycles. The molecule has 2 aromatic heterocycles. The van der Waals surface area contributed by atoms with E-state index in [4.69, 9.17) is 14.7 Å². The zero-order valence-electron chi connectivity index (χ0n) is 23.9. The second kappa shape index (κ2) is 9.87. The van der Waals surface area contributed by atoms with Crippen LogP contribution in [0.2, 0.25) is 0 Å². The smallest absolute Gasteiger partial charge is 0.408 e. The largest absolute Gasteiger partial charge is 0.444 e. The Kier molecular flexibility index (Phi) is 6.12. The quantitative estimate of drug-likeness (QED) is 0.231. The maximum atomic E-state index is 12.7. The number of amides is 1. The summed E-state index contributed by atoms with van der Waals surface area (Å²) in [7, 11) is 0. The number of hydrogen-bond donors (Lipinski definition) is 2. The zero-order chi connectivity index (χ0) is 28.9. The van der Waals surface area contributed by atoms with Gasteiger partial charge in [-0.3, -0.25) is 4.57 Å². The van der Waals surface area contributed by atoms with Gasteiger partial charge >= 0.3 is 6.09 Å². The molecular weight excluding hydrogens is 522 g/mol. The lowest BCUT2D eigenvalue weighted by atomic mass is 9.71. The molecule has 7 heteroatoms. The number of fused-ring (bicyclic) bond motifs is 5. The Hall–Kier alpha value is -4.91. The van der Waals surface area contributed by atoms with Gasteiger partial charge in [-0.25, -0.2) is 14.8 Å². The fourth-order valence-electron chi connectivity index (χ4n) is 5.90.